The summed E-state index contributed by atoms with van der Waals surface area (Å²) >= 11 is 9.65. The topological polar surface area (TPSA) is 55.1 Å². The van der Waals surface area contributed by atoms with Gasteiger partial charge in [0.1, 0.15) is 17.3 Å². The van der Waals surface area contributed by atoms with Gasteiger partial charge in [-0.2, -0.15) is 19.6 Å². The van der Waals surface area contributed by atoms with Crippen LogP contribution in [0.3, 0.4) is 0 Å². The number of aryl methyl sites for hydroxylation is 1. The summed E-state index contributed by atoms with van der Waals surface area (Å²) in [6.07, 6.45) is 1.45. The molecule has 102 valence electrons. The molecule has 0 unspecified atom stereocenters. The Balaban J connectivity index is 2.11. The summed E-state index contributed by atoms with van der Waals surface area (Å²) in [5.41, 5.74) is 2.93. The van der Waals surface area contributed by atoms with Crippen LogP contribution in [-0.4, -0.2) is 19.6 Å². The van der Waals surface area contributed by atoms with Crippen LogP contribution in [0.2, 0.25) is 5.15 Å². The fourth-order valence-electron chi connectivity index (χ4n) is 1.85. The molecule has 1 N–H and O–H groups in total. The Hall–Kier alpha value is -1.66. The van der Waals surface area contributed by atoms with Gasteiger partial charge in [-0.25, -0.2) is 0 Å². The molecule has 0 amide bonds. The number of fused-ring (bicyclic) bond motifs is 1. The molecule has 0 saturated heterocycles. The molecule has 3 aromatic rings. The van der Waals surface area contributed by atoms with E-state index in [1.807, 2.05) is 32.0 Å². The van der Waals surface area contributed by atoms with E-state index in [1.165, 1.54) is 11.9 Å². The van der Waals surface area contributed by atoms with Crippen molar-refractivity contribution in [2.24, 2.45) is 0 Å². The zero-order chi connectivity index (χ0) is 14.3. The number of nitrogens with zero attached hydrogens (tertiary/aromatic N) is 4. The smallest absolute Gasteiger partial charge is 0.255 e. The predicted octanol–water partition coefficient (Wildman–Crippen LogP) is 3.90. The molecule has 0 aliphatic heterocycles. The zero-order valence-electron chi connectivity index (χ0n) is 10.9. The number of hydrogen-bond donors (Lipinski definition) is 1. The fraction of sp³-hybridized carbons (Fsp3) is 0.154. The van der Waals surface area contributed by atoms with Crippen molar-refractivity contribution in [2.75, 3.05) is 5.32 Å². The van der Waals surface area contributed by atoms with Crippen LogP contribution in [0.1, 0.15) is 11.1 Å². The van der Waals surface area contributed by atoms with E-state index >= 15 is 0 Å². The minimum Gasteiger partial charge on any atom is -0.340 e. The molecule has 0 fully saturated rings. The van der Waals surface area contributed by atoms with Gasteiger partial charge in [-0.3, -0.25) is 0 Å². The lowest BCUT2D eigenvalue weighted by Crippen LogP contribution is -2.05. The zero-order valence-corrected chi connectivity index (χ0v) is 13.2. The van der Waals surface area contributed by atoms with Gasteiger partial charge in [0.05, 0.1) is 0 Å². The van der Waals surface area contributed by atoms with Crippen LogP contribution in [-0.2, 0) is 0 Å². The Morgan fingerprint density at radius 3 is 2.85 bits per heavy atom. The highest BCUT2D eigenvalue weighted by Crippen LogP contribution is 2.27. The van der Waals surface area contributed by atoms with Gasteiger partial charge >= 0.3 is 0 Å². The van der Waals surface area contributed by atoms with Crippen molar-refractivity contribution in [3.8, 4) is 0 Å². The summed E-state index contributed by atoms with van der Waals surface area (Å²) in [5.74, 6) is 1.22. The number of nitrogens with one attached hydrogen (secondary N) is 1. The van der Waals surface area contributed by atoms with Gasteiger partial charge in [-0.15, -0.1) is 0 Å². The van der Waals surface area contributed by atoms with Crippen LogP contribution >= 0.6 is 27.5 Å². The molecule has 2 heterocycles. The van der Waals surface area contributed by atoms with Gasteiger partial charge in [-0.05, 0) is 31.5 Å². The van der Waals surface area contributed by atoms with Crippen molar-refractivity contribution >= 4 is 44.8 Å². The molecule has 3 rings (SSSR count). The van der Waals surface area contributed by atoms with Gasteiger partial charge in [0.2, 0.25) is 0 Å². The van der Waals surface area contributed by atoms with E-state index in [0.717, 1.165) is 21.5 Å². The van der Waals surface area contributed by atoms with Crippen LogP contribution in [0.25, 0.3) is 5.78 Å². The molecular formula is C13H11BrClN5. The third kappa shape index (κ3) is 2.25. The van der Waals surface area contributed by atoms with Gasteiger partial charge in [0.25, 0.3) is 5.78 Å². The van der Waals surface area contributed by atoms with Gasteiger partial charge in [0, 0.05) is 15.7 Å². The SMILES string of the molecule is Cc1ccc(Nc2c(C)c(Cl)nc3ncnn23)cc1Br. The Morgan fingerprint density at radius 2 is 2.10 bits per heavy atom. The Kier molecular flexibility index (Phi) is 3.35. The Morgan fingerprint density at radius 1 is 1.30 bits per heavy atom. The molecular weight excluding hydrogens is 342 g/mol. The monoisotopic (exact) mass is 351 g/mol. The van der Waals surface area contributed by atoms with Crippen molar-refractivity contribution in [1.29, 1.82) is 0 Å². The first-order valence-corrected chi connectivity index (χ1v) is 7.12. The van der Waals surface area contributed by atoms with E-state index < -0.39 is 0 Å². The Bertz CT molecular complexity index is 799. The van der Waals surface area contributed by atoms with Gasteiger partial charge in [0.15, 0.2) is 0 Å². The summed E-state index contributed by atoms with van der Waals surface area (Å²) in [4.78, 5) is 8.24. The van der Waals surface area contributed by atoms with Crippen LogP contribution < -0.4 is 5.32 Å². The highest BCUT2D eigenvalue weighted by atomic mass is 79.9. The molecule has 1 aromatic carbocycles. The maximum absolute atomic E-state index is 6.13. The number of rotatable bonds is 2. The Labute approximate surface area is 129 Å². The second-order valence-corrected chi connectivity index (χ2v) is 5.65. The molecule has 0 saturated carbocycles. The lowest BCUT2D eigenvalue weighted by molar-refractivity contribution is 0.936. The van der Waals surface area contributed by atoms with E-state index in [1.54, 1.807) is 4.52 Å². The number of anilines is 2. The van der Waals surface area contributed by atoms with Gasteiger partial charge in [-0.1, -0.05) is 33.6 Å². The van der Waals surface area contributed by atoms with Crippen molar-refractivity contribution < 1.29 is 0 Å². The molecule has 0 radical (unpaired) electrons. The fourth-order valence-corrected chi connectivity index (χ4v) is 2.40. The first-order chi connectivity index (χ1) is 9.56. The normalized spacial score (nSPS) is 11.0. The second kappa shape index (κ2) is 5.03. The van der Waals surface area contributed by atoms with Crippen molar-refractivity contribution in [1.82, 2.24) is 19.6 Å². The van der Waals surface area contributed by atoms with E-state index in [-0.39, 0.29) is 0 Å². The molecule has 0 atom stereocenters. The maximum Gasteiger partial charge on any atom is 0.255 e. The maximum atomic E-state index is 6.13. The minimum absolute atomic E-state index is 0.416. The number of benzene rings is 1. The summed E-state index contributed by atoms with van der Waals surface area (Å²) in [7, 11) is 0. The van der Waals surface area contributed by atoms with E-state index in [2.05, 4.69) is 36.3 Å². The van der Waals surface area contributed by atoms with E-state index in [9.17, 15) is 0 Å². The highest BCUT2D eigenvalue weighted by molar-refractivity contribution is 9.10. The van der Waals surface area contributed by atoms with Crippen LogP contribution in [0.5, 0.6) is 0 Å². The average molecular weight is 353 g/mol. The molecule has 5 nitrogen and oxygen atoms in total. The summed E-state index contributed by atoms with van der Waals surface area (Å²) in [6, 6.07) is 6.03. The van der Waals surface area contributed by atoms with E-state index in [0.29, 0.717) is 10.9 Å². The van der Waals surface area contributed by atoms with Crippen molar-refractivity contribution in [2.45, 2.75) is 13.8 Å². The molecule has 0 spiro atoms. The molecule has 0 bridgehead atoms. The molecule has 7 heteroatoms. The first-order valence-electron chi connectivity index (χ1n) is 5.95. The molecule has 20 heavy (non-hydrogen) atoms. The van der Waals surface area contributed by atoms with Crippen molar-refractivity contribution in [3.05, 3.63) is 45.3 Å². The first kappa shape index (κ1) is 13.3. The largest absolute Gasteiger partial charge is 0.340 e. The molecule has 2 aromatic heterocycles. The number of aromatic nitrogens is 4. The summed E-state index contributed by atoms with van der Waals surface area (Å²) < 4.78 is 2.67. The minimum atomic E-state index is 0.416. The summed E-state index contributed by atoms with van der Waals surface area (Å²) in [6.45, 7) is 3.93. The molecule has 0 aliphatic rings. The standard InChI is InChI=1S/C13H11BrClN5/c1-7-3-4-9(5-10(7)14)18-12-8(2)11(15)19-13-16-6-17-20(12)13/h3-6,18H,1-2H3. The molecule has 0 aliphatic carbocycles. The van der Waals surface area contributed by atoms with E-state index in [4.69, 9.17) is 11.6 Å². The van der Waals surface area contributed by atoms with Crippen LogP contribution in [0.15, 0.2) is 29.0 Å². The average Bonchev–Trinajstić information content (AvgIpc) is 2.87. The van der Waals surface area contributed by atoms with Crippen LogP contribution in [0, 0.1) is 13.8 Å². The third-order valence-corrected chi connectivity index (χ3v) is 4.26. The highest BCUT2D eigenvalue weighted by Gasteiger charge is 2.12. The number of halogens is 2. The lowest BCUT2D eigenvalue weighted by Gasteiger charge is -2.12. The third-order valence-electron chi connectivity index (χ3n) is 3.04. The van der Waals surface area contributed by atoms with Gasteiger partial charge < -0.3 is 5.32 Å². The van der Waals surface area contributed by atoms with Crippen LogP contribution in [0.4, 0.5) is 11.5 Å². The predicted molar refractivity (Wildman–Crippen MR) is 82.7 cm³/mol. The summed E-state index contributed by atoms with van der Waals surface area (Å²) in [5, 5.41) is 7.90. The second-order valence-electron chi connectivity index (χ2n) is 4.44. The lowest BCUT2D eigenvalue weighted by atomic mass is 10.2. The quantitative estimate of drug-likeness (QED) is 0.711. The number of hydrogen-bond acceptors (Lipinski definition) is 4. The van der Waals surface area contributed by atoms with Crippen molar-refractivity contribution in [3.63, 3.8) is 0 Å².